The van der Waals surface area contributed by atoms with Gasteiger partial charge in [-0.15, -0.1) is 24.0 Å². The van der Waals surface area contributed by atoms with Gasteiger partial charge in [0.05, 0.1) is 24.1 Å². The lowest BCUT2D eigenvalue weighted by Crippen LogP contribution is -2.38. The molecule has 0 aliphatic heterocycles. The summed E-state index contributed by atoms with van der Waals surface area (Å²) in [5.74, 6) is 2.62. The Balaban J connectivity index is 0.00000300. The lowest BCUT2D eigenvalue weighted by molar-refractivity contribution is 0.392. The highest BCUT2D eigenvalue weighted by Gasteiger charge is 2.11. The first-order valence-electron chi connectivity index (χ1n) is 9.59. The number of imidazole rings is 1. The van der Waals surface area contributed by atoms with Crippen molar-refractivity contribution in [2.75, 3.05) is 20.1 Å². The lowest BCUT2D eigenvalue weighted by Gasteiger charge is -2.21. The molecule has 156 valence electrons. The number of aromatic amines is 1. The van der Waals surface area contributed by atoms with E-state index in [1.54, 1.807) is 0 Å². The summed E-state index contributed by atoms with van der Waals surface area (Å²) in [7, 11) is 2.02. The topological polar surface area (TPSA) is 82.3 Å². The summed E-state index contributed by atoms with van der Waals surface area (Å²) in [6.45, 7) is 8.10. The molecule has 2 heterocycles. The number of nitrogens with zero attached hydrogens (tertiary/aromatic N) is 4. The maximum Gasteiger partial charge on any atom is 0.194 e. The van der Waals surface area contributed by atoms with Gasteiger partial charge >= 0.3 is 0 Å². The van der Waals surface area contributed by atoms with E-state index in [2.05, 4.69) is 44.4 Å². The van der Waals surface area contributed by atoms with Crippen molar-refractivity contribution >= 4 is 29.9 Å². The number of hydrogen-bond donors (Lipinski definition) is 2. The molecule has 0 amide bonds. The van der Waals surface area contributed by atoms with Crippen molar-refractivity contribution in [3.8, 4) is 11.3 Å². The van der Waals surface area contributed by atoms with E-state index in [0.717, 1.165) is 53.0 Å². The summed E-state index contributed by atoms with van der Waals surface area (Å²) in [6, 6.07) is 10.2. The van der Waals surface area contributed by atoms with E-state index >= 15 is 0 Å². The molecule has 0 aliphatic carbocycles. The normalized spacial score (nSPS) is 11.2. The number of halogens is 1. The first-order chi connectivity index (χ1) is 13.6. The van der Waals surface area contributed by atoms with Crippen molar-refractivity contribution in [2.24, 2.45) is 4.99 Å². The van der Waals surface area contributed by atoms with Crippen LogP contribution >= 0.6 is 24.0 Å². The first kappa shape index (κ1) is 22.9. The third kappa shape index (κ3) is 6.06. The highest BCUT2D eigenvalue weighted by atomic mass is 127. The number of hydrogen-bond acceptors (Lipinski definition) is 4. The van der Waals surface area contributed by atoms with Crippen molar-refractivity contribution in [1.82, 2.24) is 25.3 Å². The van der Waals surface area contributed by atoms with Gasteiger partial charge in [0.25, 0.3) is 0 Å². The Morgan fingerprint density at radius 1 is 1.24 bits per heavy atom. The molecule has 0 fully saturated rings. The van der Waals surface area contributed by atoms with E-state index in [-0.39, 0.29) is 24.0 Å². The fourth-order valence-corrected chi connectivity index (χ4v) is 3.11. The largest absolute Gasteiger partial charge is 0.361 e. The van der Waals surface area contributed by atoms with Gasteiger partial charge in [0.15, 0.2) is 5.96 Å². The highest BCUT2D eigenvalue weighted by Crippen LogP contribution is 2.16. The van der Waals surface area contributed by atoms with Gasteiger partial charge < -0.3 is 19.7 Å². The Morgan fingerprint density at radius 3 is 2.66 bits per heavy atom. The number of guanidine groups is 1. The zero-order valence-electron chi connectivity index (χ0n) is 17.4. The second kappa shape index (κ2) is 11.0. The Kier molecular flexibility index (Phi) is 8.69. The maximum atomic E-state index is 5.23. The van der Waals surface area contributed by atoms with Crippen LogP contribution in [0.2, 0.25) is 0 Å². The number of benzene rings is 1. The maximum absolute atomic E-state index is 5.23. The summed E-state index contributed by atoms with van der Waals surface area (Å²) < 4.78 is 5.23. The fourth-order valence-electron chi connectivity index (χ4n) is 3.11. The van der Waals surface area contributed by atoms with Gasteiger partial charge in [-0.05, 0) is 32.8 Å². The van der Waals surface area contributed by atoms with Crippen molar-refractivity contribution in [2.45, 2.75) is 33.7 Å². The van der Waals surface area contributed by atoms with Crippen molar-refractivity contribution in [3.05, 3.63) is 59.4 Å². The lowest BCUT2D eigenvalue weighted by atomic mass is 10.1. The molecule has 29 heavy (non-hydrogen) atoms. The average Bonchev–Trinajstić information content (AvgIpc) is 3.29. The van der Waals surface area contributed by atoms with E-state index in [9.17, 15) is 0 Å². The fraction of sp³-hybridized carbons (Fsp3) is 0.381. The Morgan fingerprint density at radius 2 is 2.00 bits per heavy atom. The molecule has 0 saturated carbocycles. The summed E-state index contributed by atoms with van der Waals surface area (Å²) >= 11 is 0. The van der Waals surface area contributed by atoms with Crippen molar-refractivity contribution < 1.29 is 4.52 Å². The first-order valence-corrected chi connectivity index (χ1v) is 9.59. The minimum absolute atomic E-state index is 0. The molecule has 3 rings (SSSR count). The van der Waals surface area contributed by atoms with Crippen LogP contribution in [0.4, 0.5) is 0 Å². The zero-order chi connectivity index (χ0) is 19.9. The van der Waals surface area contributed by atoms with Gasteiger partial charge in [0, 0.05) is 25.7 Å². The van der Waals surface area contributed by atoms with E-state index in [4.69, 9.17) is 9.52 Å². The van der Waals surface area contributed by atoms with Gasteiger partial charge in [-0.1, -0.05) is 35.5 Å². The smallest absolute Gasteiger partial charge is 0.194 e. The molecule has 2 N–H and O–H groups in total. The molecule has 8 heteroatoms. The van der Waals surface area contributed by atoms with Gasteiger partial charge in [-0.2, -0.15) is 0 Å². The van der Waals surface area contributed by atoms with Crippen molar-refractivity contribution in [1.29, 1.82) is 0 Å². The summed E-state index contributed by atoms with van der Waals surface area (Å²) in [6.07, 6.45) is 2.68. The Labute approximate surface area is 189 Å². The number of rotatable bonds is 7. The molecule has 0 unspecified atom stereocenters. The van der Waals surface area contributed by atoms with Gasteiger partial charge in [0.1, 0.15) is 11.6 Å². The Hall–Kier alpha value is -2.36. The van der Waals surface area contributed by atoms with Crippen molar-refractivity contribution in [3.63, 3.8) is 0 Å². The van der Waals surface area contributed by atoms with E-state index in [1.807, 2.05) is 45.3 Å². The molecule has 0 atom stereocenters. The van der Waals surface area contributed by atoms with Crippen LogP contribution in [0.1, 0.15) is 29.8 Å². The molecule has 3 aromatic rings. The molecule has 1 aromatic carbocycles. The monoisotopic (exact) mass is 508 g/mol. The molecule has 0 aliphatic rings. The number of H-pyrrole nitrogens is 1. The standard InChI is InChI=1S/C21H28N6O.HI/c1-5-22-21(23-12-11-18-15(2)26-28-16(18)3)27(4)14-20-24-13-19(25-20)17-9-7-6-8-10-17;/h6-10,13H,5,11-12,14H2,1-4H3,(H,22,23)(H,24,25);1H. The molecular formula is C21H29IN6O. The van der Waals surface area contributed by atoms with Crippen LogP contribution in [0, 0.1) is 13.8 Å². The van der Waals surface area contributed by atoms with E-state index in [1.165, 1.54) is 0 Å². The van der Waals surface area contributed by atoms with Crippen LogP contribution < -0.4 is 5.32 Å². The molecule has 7 nitrogen and oxygen atoms in total. The van der Waals surface area contributed by atoms with Crippen LogP contribution in [0.3, 0.4) is 0 Å². The second-order valence-corrected chi connectivity index (χ2v) is 6.75. The second-order valence-electron chi connectivity index (χ2n) is 6.75. The number of aromatic nitrogens is 3. The zero-order valence-corrected chi connectivity index (χ0v) is 19.7. The number of nitrogens with one attached hydrogen (secondary N) is 2. The molecule has 2 aromatic heterocycles. The minimum Gasteiger partial charge on any atom is -0.361 e. The van der Waals surface area contributed by atoms with Gasteiger partial charge in [-0.3, -0.25) is 4.99 Å². The third-order valence-corrected chi connectivity index (χ3v) is 4.60. The molecule has 0 radical (unpaired) electrons. The van der Waals surface area contributed by atoms with Gasteiger partial charge in [0.2, 0.25) is 0 Å². The Bertz CT molecular complexity index is 899. The summed E-state index contributed by atoms with van der Waals surface area (Å²) in [5.41, 5.74) is 4.23. The summed E-state index contributed by atoms with van der Waals surface area (Å²) in [4.78, 5) is 14.7. The average molecular weight is 508 g/mol. The summed E-state index contributed by atoms with van der Waals surface area (Å²) in [5, 5.41) is 7.35. The van der Waals surface area contributed by atoms with Gasteiger partial charge in [-0.25, -0.2) is 4.98 Å². The molecule has 0 spiro atoms. The molecule has 0 saturated heterocycles. The van der Waals surface area contributed by atoms with Crippen LogP contribution in [-0.4, -0.2) is 46.1 Å². The predicted molar refractivity (Wildman–Crippen MR) is 127 cm³/mol. The quantitative estimate of drug-likeness (QED) is 0.287. The van der Waals surface area contributed by atoms with Crippen LogP contribution in [0.5, 0.6) is 0 Å². The minimum atomic E-state index is 0. The number of aliphatic imine (C=N–C) groups is 1. The van der Waals surface area contributed by atoms with Crippen LogP contribution in [0.25, 0.3) is 11.3 Å². The highest BCUT2D eigenvalue weighted by molar-refractivity contribution is 14.0. The van der Waals surface area contributed by atoms with Crippen LogP contribution in [0.15, 0.2) is 46.0 Å². The molecular weight excluding hydrogens is 479 g/mol. The SMILES string of the molecule is CCNC(=NCCc1c(C)noc1C)N(C)Cc1ncc(-c2ccccc2)[nH]1.I. The van der Waals surface area contributed by atoms with E-state index < -0.39 is 0 Å². The number of aryl methyl sites for hydroxylation is 2. The van der Waals surface area contributed by atoms with E-state index in [0.29, 0.717) is 13.1 Å². The van der Waals surface area contributed by atoms with Crippen LogP contribution in [-0.2, 0) is 13.0 Å². The molecule has 0 bridgehead atoms. The predicted octanol–water partition coefficient (Wildman–Crippen LogP) is 3.94. The third-order valence-electron chi connectivity index (χ3n) is 4.60.